The van der Waals surface area contributed by atoms with E-state index in [4.69, 9.17) is 21.1 Å². The highest BCUT2D eigenvalue weighted by Gasteiger charge is 2.24. The average Bonchev–Trinajstić information content (AvgIpc) is 3.09. The molecule has 2 heterocycles. The molecule has 0 spiro atoms. The number of hydrogen-bond donors (Lipinski definition) is 0. The van der Waals surface area contributed by atoms with Gasteiger partial charge in [0.15, 0.2) is 0 Å². The Balaban J connectivity index is 1.55. The average molecular weight is 407 g/mol. The van der Waals surface area contributed by atoms with Gasteiger partial charge >= 0.3 is 6.09 Å². The quantitative estimate of drug-likeness (QED) is 0.682. The number of ether oxygens (including phenoxy) is 2. The Morgan fingerprint density at radius 3 is 2.67 bits per heavy atom. The second-order valence-electron chi connectivity index (χ2n) is 7.29. The molecule has 0 aliphatic carbocycles. The molecule has 1 amide bonds. The van der Waals surface area contributed by atoms with Gasteiger partial charge in [0.1, 0.15) is 23.0 Å². The van der Waals surface area contributed by atoms with E-state index in [0.717, 1.165) is 28.4 Å². The molecule has 0 saturated carbocycles. The van der Waals surface area contributed by atoms with Gasteiger partial charge in [-0.15, -0.1) is 11.3 Å². The zero-order valence-corrected chi connectivity index (χ0v) is 17.3. The van der Waals surface area contributed by atoms with Gasteiger partial charge in [-0.1, -0.05) is 17.7 Å². The molecule has 2 aromatic rings. The molecule has 0 unspecified atom stereocenters. The molecular weight excluding hydrogens is 384 g/mol. The number of carbonyl (C=O) groups excluding carboxylic acids is 1. The third kappa shape index (κ3) is 5.71. The third-order valence-electron chi connectivity index (χ3n) is 3.89. The standard InChI is InChI=1S/C20H23ClN2O3S/c1-20(2,3)26-19(24)23-10-8-14(9-11-23)18-22-16(13-27-18)12-25-17-6-4-15(21)5-7-17/h4-8,13H,9-12H2,1-3H3. The van der Waals surface area contributed by atoms with Gasteiger partial charge < -0.3 is 14.4 Å². The fourth-order valence-electron chi connectivity index (χ4n) is 2.56. The predicted octanol–water partition coefficient (Wildman–Crippen LogP) is 5.40. The van der Waals surface area contributed by atoms with Crippen LogP contribution < -0.4 is 4.74 Å². The molecule has 1 aliphatic heterocycles. The SMILES string of the molecule is CC(C)(C)OC(=O)N1CC=C(c2nc(COc3ccc(Cl)cc3)cs2)CC1. The van der Waals surface area contributed by atoms with Crippen LogP contribution in [0, 0.1) is 0 Å². The number of nitrogens with zero attached hydrogens (tertiary/aromatic N) is 2. The molecule has 1 aromatic carbocycles. The number of hydrogen-bond acceptors (Lipinski definition) is 5. The molecule has 1 aromatic heterocycles. The first kappa shape index (κ1) is 19.7. The van der Waals surface area contributed by atoms with Crippen molar-refractivity contribution in [3.63, 3.8) is 0 Å². The summed E-state index contributed by atoms with van der Waals surface area (Å²) < 4.78 is 11.2. The molecule has 0 fully saturated rings. The molecule has 144 valence electrons. The number of benzene rings is 1. The summed E-state index contributed by atoms with van der Waals surface area (Å²) in [6.07, 6.45) is 2.55. The Labute approximate surface area is 168 Å². The van der Waals surface area contributed by atoms with Gasteiger partial charge in [0.05, 0.1) is 5.69 Å². The second-order valence-corrected chi connectivity index (χ2v) is 8.59. The van der Waals surface area contributed by atoms with Crippen LogP contribution in [0.5, 0.6) is 5.75 Å². The lowest BCUT2D eigenvalue weighted by atomic mass is 10.1. The first-order valence-corrected chi connectivity index (χ1v) is 10.1. The van der Waals surface area contributed by atoms with Crippen LogP contribution in [0.4, 0.5) is 4.79 Å². The summed E-state index contributed by atoms with van der Waals surface area (Å²) in [4.78, 5) is 18.5. The van der Waals surface area contributed by atoms with Crippen molar-refractivity contribution in [2.45, 2.75) is 39.4 Å². The first-order chi connectivity index (χ1) is 12.8. The maximum atomic E-state index is 12.1. The number of aromatic nitrogens is 1. The molecule has 0 N–H and O–H groups in total. The zero-order valence-electron chi connectivity index (χ0n) is 15.7. The van der Waals surface area contributed by atoms with Gasteiger partial charge in [0, 0.05) is 23.5 Å². The second kappa shape index (κ2) is 8.31. The van der Waals surface area contributed by atoms with Gasteiger partial charge in [-0.2, -0.15) is 0 Å². The summed E-state index contributed by atoms with van der Waals surface area (Å²) in [7, 11) is 0. The zero-order chi connectivity index (χ0) is 19.4. The van der Waals surface area contributed by atoms with E-state index in [0.29, 0.717) is 24.7 Å². The van der Waals surface area contributed by atoms with E-state index in [9.17, 15) is 4.79 Å². The number of thiazole rings is 1. The molecule has 1 aliphatic rings. The Kier molecular flexibility index (Phi) is 6.07. The van der Waals surface area contributed by atoms with Gasteiger partial charge in [0.25, 0.3) is 0 Å². The van der Waals surface area contributed by atoms with Crippen molar-refractivity contribution >= 4 is 34.6 Å². The van der Waals surface area contributed by atoms with Crippen molar-refractivity contribution in [1.29, 1.82) is 0 Å². The van der Waals surface area contributed by atoms with Crippen molar-refractivity contribution in [2.75, 3.05) is 13.1 Å². The van der Waals surface area contributed by atoms with Crippen LogP contribution in [0.15, 0.2) is 35.7 Å². The lowest BCUT2D eigenvalue weighted by Crippen LogP contribution is -2.39. The van der Waals surface area contributed by atoms with E-state index < -0.39 is 5.60 Å². The van der Waals surface area contributed by atoms with Crippen LogP contribution in [-0.4, -0.2) is 34.7 Å². The molecule has 0 saturated heterocycles. The molecule has 7 heteroatoms. The largest absolute Gasteiger partial charge is 0.487 e. The molecule has 0 radical (unpaired) electrons. The molecule has 27 heavy (non-hydrogen) atoms. The highest BCUT2D eigenvalue weighted by molar-refractivity contribution is 7.10. The number of carbonyl (C=O) groups is 1. The molecule has 5 nitrogen and oxygen atoms in total. The minimum Gasteiger partial charge on any atom is -0.487 e. The summed E-state index contributed by atoms with van der Waals surface area (Å²) in [5.41, 5.74) is 1.58. The van der Waals surface area contributed by atoms with Crippen molar-refractivity contribution < 1.29 is 14.3 Å². The summed E-state index contributed by atoms with van der Waals surface area (Å²) in [6.45, 7) is 7.21. The van der Waals surface area contributed by atoms with Crippen LogP contribution in [0.1, 0.15) is 37.9 Å². The van der Waals surface area contributed by atoms with Crippen LogP contribution in [0.3, 0.4) is 0 Å². The molecule has 0 atom stereocenters. The predicted molar refractivity (Wildman–Crippen MR) is 108 cm³/mol. The lowest BCUT2D eigenvalue weighted by molar-refractivity contribution is 0.0270. The maximum Gasteiger partial charge on any atom is 0.410 e. The molecule has 3 rings (SSSR count). The van der Waals surface area contributed by atoms with Crippen LogP contribution in [0.25, 0.3) is 5.57 Å². The maximum absolute atomic E-state index is 12.1. The number of halogens is 1. The highest BCUT2D eigenvalue weighted by atomic mass is 35.5. The first-order valence-electron chi connectivity index (χ1n) is 8.80. The lowest BCUT2D eigenvalue weighted by Gasteiger charge is -2.29. The van der Waals surface area contributed by atoms with Crippen molar-refractivity contribution in [1.82, 2.24) is 9.88 Å². The topological polar surface area (TPSA) is 51.7 Å². The highest BCUT2D eigenvalue weighted by Crippen LogP contribution is 2.27. The van der Waals surface area contributed by atoms with E-state index in [-0.39, 0.29) is 6.09 Å². The molecular formula is C20H23ClN2O3S. The normalized spacial score (nSPS) is 14.7. The fourth-order valence-corrected chi connectivity index (χ4v) is 3.57. The van der Waals surface area contributed by atoms with Crippen molar-refractivity contribution in [3.05, 3.63) is 51.4 Å². The summed E-state index contributed by atoms with van der Waals surface area (Å²) in [5, 5.41) is 3.67. The van der Waals surface area contributed by atoms with E-state index in [2.05, 4.69) is 11.1 Å². The van der Waals surface area contributed by atoms with Crippen molar-refractivity contribution in [3.8, 4) is 5.75 Å². The van der Waals surface area contributed by atoms with Crippen LogP contribution in [-0.2, 0) is 11.3 Å². The Morgan fingerprint density at radius 2 is 2.04 bits per heavy atom. The summed E-state index contributed by atoms with van der Waals surface area (Å²) in [6, 6.07) is 7.27. The fraction of sp³-hybridized carbons (Fsp3) is 0.400. The smallest absolute Gasteiger partial charge is 0.410 e. The minimum absolute atomic E-state index is 0.269. The minimum atomic E-state index is -0.477. The molecule has 0 bridgehead atoms. The van der Waals surface area contributed by atoms with Crippen LogP contribution >= 0.6 is 22.9 Å². The summed E-state index contributed by atoms with van der Waals surface area (Å²) >= 11 is 7.47. The van der Waals surface area contributed by atoms with Crippen LogP contribution in [0.2, 0.25) is 5.02 Å². The number of rotatable bonds is 4. The van der Waals surface area contributed by atoms with E-state index >= 15 is 0 Å². The van der Waals surface area contributed by atoms with E-state index in [1.165, 1.54) is 0 Å². The van der Waals surface area contributed by atoms with E-state index in [1.807, 2.05) is 38.3 Å². The van der Waals surface area contributed by atoms with Gasteiger partial charge in [-0.05, 0) is 57.0 Å². The monoisotopic (exact) mass is 406 g/mol. The van der Waals surface area contributed by atoms with E-state index in [1.54, 1.807) is 28.4 Å². The van der Waals surface area contributed by atoms with Gasteiger partial charge in [0.2, 0.25) is 0 Å². The van der Waals surface area contributed by atoms with Crippen molar-refractivity contribution in [2.24, 2.45) is 0 Å². The Bertz CT molecular complexity index is 824. The summed E-state index contributed by atoms with van der Waals surface area (Å²) in [5.74, 6) is 0.763. The Hall–Kier alpha value is -2.05. The number of amides is 1. The Morgan fingerprint density at radius 1 is 1.30 bits per heavy atom. The van der Waals surface area contributed by atoms with Gasteiger partial charge in [-0.25, -0.2) is 9.78 Å². The van der Waals surface area contributed by atoms with Gasteiger partial charge in [-0.3, -0.25) is 0 Å². The third-order valence-corrected chi connectivity index (χ3v) is 5.11.